The summed E-state index contributed by atoms with van der Waals surface area (Å²) in [7, 11) is 0. The summed E-state index contributed by atoms with van der Waals surface area (Å²) in [6, 6.07) is 4.27. The van der Waals surface area contributed by atoms with Gasteiger partial charge in [-0.2, -0.15) is 0 Å². The zero-order chi connectivity index (χ0) is 14.5. The zero-order valence-electron chi connectivity index (χ0n) is 12.5. The lowest BCUT2D eigenvalue weighted by Crippen LogP contribution is -2.31. The van der Waals surface area contributed by atoms with Crippen LogP contribution in [-0.2, 0) is 6.54 Å². The van der Waals surface area contributed by atoms with E-state index in [1.54, 1.807) is 18.6 Å². The average molecular weight is 271 g/mol. The topological polar surface area (TPSA) is 47.0 Å². The number of benzene rings is 1. The van der Waals surface area contributed by atoms with E-state index >= 15 is 0 Å². The van der Waals surface area contributed by atoms with Gasteiger partial charge >= 0.3 is 0 Å². The SMILES string of the molecule is Cc1cc(C)c(OC(C)NCc2cnccn2)c(C)c1. The number of hydrogen-bond donors (Lipinski definition) is 1. The van der Waals surface area contributed by atoms with Crippen molar-refractivity contribution in [3.8, 4) is 5.75 Å². The molecule has 20 heavy (non-hydrogen) atoms. The minimum Gasteiger partial charge on any atom is -0.475 e. The molecule has 0 radical (unpaired) electrons. The lowest BCUT2D eigenvalue weighted by atomic mass is 10.1. The first-order valence-electron chi connectivity index (χ1n) is 6.79. The first-order chi connectivity index (χ1) is 9.56. The maximum Gasteiger partial charge on any atom is 0.147 e. The number of aryl methyl sites for hydroxylation is 3. The van der Waals surface area contributed by atoms with E-state index in [4.69, 9.17) is 4.74 Å². The van der Waals surface area contributed by atoms with Crippen LogP contribution in [0, 0.1) is 20.8 Å². The molecule has 1 N–H and O–H groups in total. The molecule has 0 amide bonds. The molecule has 0 saturated carbocycles. The first kappa shape index (κ1) is 14.5. The summed E-state index contributed by atoms with van der Waals surface area (Å²) in [5.41, 5.74) is 4.49. The van der Waals surface area contributed by atoms with Crippen LogP contribution in [0.4, 0.5) is 0 Å². The molecule has 1 aromatic carbocycles. The number of aromatic nitrogens is 2. The van der Waals surface area contributed by atoms with Crippen LogP contribution >= 0.6 is 0 Å². The largest absolute Gasteiger partial charge is 0.475 e. The number of hydrogen-bond acceptors (Lipinski definition) is 4. The van der Waals surface area contributed by atoms with E-state index in [-0.39, 0.29) is 6.23 Å². The van der Waals surface area contributed by atoms with Crippen molar-refractivity contribution in [1.29, 1.82) is 0 Å². The fourth-order valence-electron chi connectivity index (χ4n) is 2.24. The summed E-state index contributed by atoms with van der Waals surface area (Å²) in [5, 5.41) is 3.29. The Morgan fingerprint density at radius 1 is 1.15 bits per heavy atom. The third kappa shape index (κ3) is 3.78. The number of nitrogens with zero attached hydrogens (tertiary/aromatic N) is 2. The molecule has 1 heterocycles. The Bertz CT molecular complexity index is 546. The van der Waals surface area contributed by atoms with E-state index in [0.717, 1.165) is 22.6 Å². The minimum atomic E-state index is -0.0860. The Balaban J connectivity index is 1.96. The van der Waals surface area contributed by atoms with Crippen molar-refractivity contribution in [2.45, 2.75) is 40.5 Å². The molecular weight excluding hydrogens is 250 g/mol. The van der Waals surface area contributed by atoms with Crippen LogP contribution in [0.3, 0.4) is 0 Å². The van der Waals surface area contributed by atoms with Crippen molar-refractivity contribution in [3.63, 3.8) is 0 Å². The summed E-state index contributed by atoms with van der Waals surface area (Å²) >= 11 is 0. The molecule has 1 aromatic heterocycles. The fourth-order valence-corrected chi connectivity index (χ4v) is 2.24. The highest BCUT2D eigenvalue weighted by Gasteiger charge is 2.09. The third-order valence-corrected chi connectivity index (χ3v) is 3.09. The van der Waals surface area contributed by atoms with E-state index < -0.39 is 0 Å². The van der Waals surface area contributed by atoms with Gasteiger partial charge in [0.1, 0.15) is 12.0 Å². The normalized spacial score (nSPS) is 12.2. The lowest BCUT2D eigenvalue weighted by molar-refractivity contribution is 0.178. The third-order valence-electron chi connectivity index (χ3n) is 3.09. The van der Waals surface area contributed by atoms with Gasteiger partial charge in [0.15, 0.2) is 0 Å². The second-order valence-electron chi connectivity index (χ2n) is 5.07. The van der Waals surface area contributed by atoms with Crippen molar-refractivity contribution in [3.05, 3.63) is 53.1 Å². The van der Waals surface area contributed by atoms with Gasteiger partial charge in [-0.3, -0.25) is 15.3 Å². The van der Waals surface area contributed by atoms with E-state index in [1.165, 1.54) is 5.56 Å². The molecule has 0 aliphatic carbocycles. The van der Waals surface area contributed by atoms with E-state index in [0.29, 0.717) is 6.54 Å². The van der Waals surface area contributed by atoms with Crippen LogP contribution in [0.1, 0.15) is 29.3 Å². The molecule has 1 unspecified atom stereocenters. The first-order valence-corrected chi connectivity index (χ1v) is 6.79. The molecule has 2 rings (SSSR count). The molecule has 0 fully saturated rings. The van der Waals surface area contributed by atoms with E-state index in [9.17, 15) is 0 Å². The Kier molecular flexibility index (Phi) is 4.69. The molecule has 0 aliphatic heterocycles. The van der Waals surface area contributed by atoms with Gasteiger partial charge < -0.3 is 4.74 Å². The molecular formula is C16H21N3O. The van der Waals surface area contributed by atoms with Crippen molar-refractivity contribution < 1.29 is 4.74 Å². The molecule has 4 heteroatoms. The van der Waals surface area contributed by atoms with Crippen molar-refractivity contribution in [1.82, 2.24) is 15.3 Å². The lowest BCUT2D eigenvalue weighted by Gasteiger charge is -2.19. The van der Waals surface area contributed by atoms with Crippen LogP contribution in [0.15, 0.2) is 30.7 Å². The predicted octanol–water partition coefficient (Wildman–Crippen LogP) is 2.92. The van der Waals surface area contributed by atoms with Crippen LogP contribution in [0.5, 0.6) is 5.75 Å². The minimum absolute atomic E-state index is 0.0860. The number of nitrogens with one attached hydrogen (secondary N) is 1. The standard InChI is InChI=1S/C16H21N3O/c1-11-7-12(2)16(13(3)8-11)20-14(4)19-10-15-9-17-5-6-18-15/h5-9,14,19H,10H2,1-4H3. The molecule has 0 saturated heterocycles. The molecule has 0 spiro atoms. The van der Waals surface area contributed by atoms with Crippen molar-refractivity contribution in [2.24, 2.45) is 0 Å². The smallest absolute Gasteiger partial charge is 0.147 e. The Morgan fingerprint density at radius 3 is 2.45 bits per heavy atom. The maximum absolute atomic E-state index is 5.99. The van der Waals surface area contributed by atoms with Gasteiger partial charge in [0.25, 0.3) is 0 Å². The maximum atomic E-state index is 5.99. The monoisotopic (exact) mass is 271 g/mol. The highest BCUT2D eigenvalue weighted by Crippen LogP contribution is 2.25. The van der Waals surface area contributed by atoms with Gasteiger partial charge in [-0.15, -0.1) is 0 Å². The zero-order valence-corrected chi connectivity index (χ0v) is 12.5. The quantitative estimate of drug-likeness (QED) is 0.849. The summed E-state index contributed by atoms with van der Waals surface area (Å²) in [5.74, 6) is 0.953. The Morgan fingerprint density at radius 2 is 1.85 bits per heavy atom. The van der Waals surface area contributed by atoms with Gasteiger partial charge in [-0.25, -0.2) is 0 Å². The number of ether oxygens (including phenoxy) is 1. The average Bonchev–Trinajstić information content (AvgIpc) is 2.42. The summed E-state index contributed by atoms with van der Waals surface area (Å²) in [4.78, 5) is 8.27. The van der Waals surface area contributed by atoms with Gasteiger partial charge in [-0.05, 0) is 38.8 Å². The molecule has 0 aliphatic rings. The van der Waals surface area contributed by atoms with Gasteiger partial charge in [-0.1, -0.05) is 17.7 Å². The Hall–Kier alpha value is -1.94. The van der Waals surface area contributed by atoms with E-state index in [2.05, 4.69) is 48.2 Å². The van der Waals surface area contributed by atoms with Crippen molar-refractivity contribution >= 4 is 0 Å². The highest BCUT2D eigenvalue weighted by atomic mass is 16.5. The summed E-state index contributed by atoms with van der Waals surface area (Å²) < 4.78 is 5.99. The molecule has 1 atom stereocenters. The molecule has 4 nitrogen and oxygen atoms in total. The van der Waals surface area contributed by atoms with Crippen molar-refractivity contribution in [2.75, 3.05) is 0 Å². The van der Waals surface area contributed by atoms with Gasteiger partial charge in [0.05, 0.1) is 5.69 Å². The predicted molar refractivity (Wildman–Crippen MR) is 79.6 cm³/mol. The van der Waals surface area contributed by atoms with Crippen LogP contribution in [-0.4, -0.2) is 16.2 Å². The molecule has 106 valence electrons. The van der Waals surface area contributed by atoms with E-state index in [1.807, 2.05) is 6.92 Å². The molecule has 2 aromatic rings. The highest BCUT2D eigenvalue weighted by molar-refractivity contribution is 5.43. The second kappa shape index (κ2) is 6.48. The Labute approximate surface area is 120 Å². The van der Waals surface area contributed by atoms with Crippen LogP contribution in [0.2, 0.25) is 0 Å². The summed E-state index contributed by atoms with van der Waals surface area (Å²) in [6.45, 7) is 8.88. The van der Waals surface area contributed by atoms with Crippen LogP contribution in [0.25, 0.3) is 0 Å². The number of rotatable bonds is 5. The second-order valence-corrected chi connectivity index (χ2v) is 5.07. The molecule has 0 bridgehead atoms. The summed E-state index contributed by atoms with van der Waals surface area (Å²) in [6.07, 6.45) is 5.03. The van der Waals surface area contributed by atoms with Crippen LogP contribution < -0.4 is 10.1 Å². The fraction of sp³-hybridized carbons (Fsp3) is 0.375. The van der Waals surface area contributed by atoms with Gasteiger partial charge in [0.2, 0.25) is 0 Å². The van der Waals surface area contributed by atoms with Gasteiger partial charge in [0, 0.05) is 25.1 Å².